The second-order valence-corrected chi connectivity index (χ2v) is 7.38. The lowest BCUT2D eigenvalue weighted by Crippen LogP contribution is -2.30. The minimum Gasteiger partial charge on any atom is -0.355 e. The van der Waals surface area contributed by atoms with Crippen LogP contribution in [0.25, 0.3) is 11.3 Å². The van der Waals surface area contributed by atoms with Crippen molar-refractivity contribution in [3.8, 4) is 11.3 Å². The summed E-state index contributed by atoms with van der Waals surface area (Å²) in [5.74, 6) is 0.896. The molecule has 2 aromatic carbocycles. The molecule has 0 saturated carbocycles. The largest absolute Gasteiger partial charge is 0.355 e. The molecule has 0 bridgehead atoms. The summed E-state index contributed by atoms with van der Waals surface area (Å²) in [5.41, 5.74) is 3.05. The van der Waals surface area contributed by atoms with Gasteiger partial charge in [-0.1, -0.05) is 29.8 Å². The molecule has 0 atom stereocenters. The van der Waals surface area contributed by atoms with Crippen LogP contribution in [-0.4, -0.2) is 29.1 Å². The Labute approximate surface area is 174 Å². The smallest absolute Gasteiger partial charge is 0.323 e. The number of aromatic nitrogens is 2. The molecule has 1 aromatic heterocycles. The Hall–Kier alpha value is -3.12. The summed E-state index contributed by atoms with van der Waals surface area (Å²) >= 11 is 5.97. The quantitative estimate of drug-likeness (QED) is 0.604. The normalized spacial score (nSPS) is 13.8. The molecule has 0 radical (unpaired) electrons. The van der Waals surface area contributed by atoms with E-state index in [9.17, 15) is 4.79 Å². The number of halogens is 1. The fourth-order valence-electron chi connectivity index (χ4n) is 3.48. The third kappa shape index (κ3) is 4.84. The van der Waals surface area contributed by atoms with Crippen molar-refractivity contribution in [2.75, 3.05) is 28.6 Å². The van der Waals surface area contributed by atoms with Crippen LogP contribution in [0.15, 0.2) is 60.9 Å². The zero-order chi connectivity index (χ0) is 20.1. The van der Waals surface area contributed by atoms with Gasteiger partial charge in [0.2, 0.25) is 0 Å². The standard InChI is InChI=1S/C22H22ClN5O/c23-17-7-5-9-19(15-17)27-22(29)26-18-8-4-6-16(14-18)20-21(25-11-10-24-20)28-12-2-1-3-13-28/h4-11,14-15H,1-3,12-13H2,(H2,26,27,29). The van der Waals surface area contributed by atoms with Crippen LogP contribution in [-0.2, 0) is 0 Å². The van der Waals surface area contributed by atoms with Crippen LogP contribution in [0.4, 0.5) is 22.0 Å². The zero-order valence-electron chi connectivity index (χ0n) is 15.9. The molecule has 0 unspecified atom stereocenters. The molecule has 0 aliphatic carbocycles. The van der Waals surface area contributed by atoms with Gasteiger partial charge < -0.3 is 15.5 Å². The Morgan fingerprint density at radius 2 is 1.59 bits per heavy atom. The van der Waals surface area contributed by atoms with Gasteiger partial charge in [-0.15, -0.1) is 0 Å². The SMILES string of the molecule is O=C(Nc1cccc(Cl)c1)Nc1cccc(-c2nccnc2N2CCCCC2)c1. The number of rotatable bonds is 4. The predicted octanol–water partition coefficient (Wildman–Crippen LogP) is 5.43. The van der Waals surface area contributed by atoms with E-state index in [0.717, 1.165) is 30.2 Å². The highest BCUT2D eigenvalue weighted by molar-refractivity contribution is 6.30. The highest BCUT2D eigenvalue weighted by Gasteiger charge is 2.18. The Balaban J connectivity index is 1.53. The Kier molecular flexibility index (Phi) is 5.91. The van der Waals surface area contributed by atoms with Crippen LogP contribution >= 0.6 is 11.6 Å². The molecule has 6 nitrogen and oxygen atoms in total. The van der Waals surface area contributed by atoms with Gasteiger partial charge in [-0.2, -0.15) is 0 Å². The molecule has 2 amide bonds. The lowest BCUT2D eigenvalue weighted by molar-refractivity contribution is 0.262. The van der Waals surface area contributed by atoms with E-state index in [1.165, 1.54) is 19.3 Å². The van der Waals surface area contributed by atoms with Gasteiger partial charge in [-0.05, 0) is 49.6 Å². The van der Waals surface area contributed by atoms with Gasteiger partial charge in [0.25, 0.3) is 0 Å². The van der Waals surface area contributed by atoms with E-state index in [1.807, 2.05) is 24.3 Å². The summed E-state index contributed by atoms with van der Waals surface area (Å²) < 4.78 is 0. The summed E-state index contributed by atoms with van der Waals surface area (Å²) in [6.45, 7) is 1.98. The number of benzene rings is 2. The molecule has 29 heavy (non-hydrogen) atoms. The molecule has 2 heterocycles. The number of carbonyl (C=O) groups excluding carboxylic acids is 1. The number of hydrogen-bond acceptors (Lipinski definition) is 4. The first-order chi connectivity index (χ1) is 14.2. The number of anilines is 3. The number of piperidine rings is 1. The second-order valence-electron chi connectivity index (χ2n) is 6.95. The monoisotopic (exact) mass is 407 g/mol. The van der Waals surface area contributed by atoms with Crippen LogP contribution in [0.2, 0.25) is 5.02 Å². The predicted molar refractivity (Wildman–Crippen MR) is 118 cm³/mol. The zero-order valence-corrected chi connectivity index (χ0v) is 16.7. The van der Waals surface area contributed by atoms with E-state index in [2.05, 4.69) is 25.5 Å². The van der Waals surface area contributed by atoms with Gasteiger partial charge in [0.1, 0.15) is 5.69 Å². The molecule has 2 N–H and O–H groups in total. The maximum atomic E-state index is 12.4. The number of carbonyl (C=O) groups is 1. The minimum absolute atomic E-state index is 0.334. The highest BCUT2D eigenvalue weighted by atomic mass is 35.5. The van der Waals surface area contributed by atoms with Crippen molar-refractivity contribution in [2.45, 2.75) is 19.3 Å². The maximum absolute atomic E-state index is 12.4. The van der Waals surface area contributed by atoms with Crippen LogP contribution in [0.3, 0.4) is 0 Å². The maximum Gasteiger partial charge on any atom is 0.323 e. The Bertz CT molecular complexity index is 1000. The van der Waals surface area contributed by atoms with Crippen molar-refractivity contribution in [2.24, 2.45) is 0 Å². The van der Waals surface area contributed by atoms with Crippen LogP contribution < -0.4 is 15.5 Å². The first-order valence-corrected chi connectivity index (χ1v) is 10.1. The fraction of sp³-hybridized carbons (Fsp3) is 0.227. The molecule has 4 rings (SSSR count). The van der Waals surface area contributed by atoms with Gasteiger partial charge in [-0.25, -0.2) is 9.78 Å². The summed E-state index contributed by atoms with van der Waals surface area (Å²) in [6, 6.07) is 14.3. The van der Waals surface area contributed by atoms with Gasteiger partial charge >= 0.3 is 6.03 Å². The Morgan fingerprint density at radius 1 is 0.897 bits per heavy atom. The van der Waals surface area contributed by atoms with Crippen LogP contribution in [0, 0.1) is 0 Å². The number of nitrogens with one attached hydrogen (secondary N) is 2. The van der Waals surface area contributed by atoms with E-state index >= 15 is 0 Å². The van der Waals surface area contributed by atoms with Gasteiger partial charge in [0.15, 0.2) is 5.82 Å². The average Bonchev–Trinajstić information content (AvgIpc) is 2.74. The van der Waals surface area contributed by atoms with E-state index in [-0.39, 0.29) is 6.03 Å². The van der Waals surface area contributed by atoms with Crippen molar-refractivity contribution in [3.05, 3.63) is 65.9 Å². The van der Waals surface area contributed by atoms with Crippen molar-refractivity contribution in [1.82, 2.24) is 9.97 Å². The molecular formula is C22H22ClN5O. The molecular weight excluding hydrogens is 386 g/mol. The molecule has 1 fully saturated rings. The Morgan fingerprint density at radius 3 is 2.34 bits per heavy atom. The highest BCUT2D eigenvalue weighted by Crippen LogP contribution is 2.30. The molecule has 1 saturated heterocycles. The van der Waals surface area contributed by atoms with Crippen molar-refractivity contribution < 1.29 is 4.79 Å². The molecule has 3 aromatic rings. The topological polar surface area (TPSA) is 70.1 Å². The molecule has 0 spiro atoms. The number of amides is 2. The fourth-order valence-corrected chi connectivity index (χ4v) is 3.67. The van der Waals surface area contributed by atoms with Crippen LogP contribution in [0.5, 0.6) is 0 Å². The van der Waals surface area contributed by atoms with Gasteiger partial charge in [0.05, 0.1) is 0 Å². The third-order valence-electron chi connectivity index (χ3n) is 4.81. The summed E-state index contributed by atoms with van der Waals surface area (Å²) in [5, 5.41) is 6.21. The second kappa shape index (κ2) is 8.92. The number of hydrogen-bond donors (Lipinski definition) is 2. The van der Waals surface area contributed by atoms with Crippen LogP contribution in [0.1, 0.15) is 19.3 Å². The van der Waals surface area contributed by atoms with E-state index in [0.29, 0.717) is 16.4 Å². The lowest BCUT2D eigenvalue weighted by Gasteiger charge is -2.28. The van der Waals surface area contributed by atoms with E-state index in [4.69, 9.17) is 11.6 Å². The van der Waals surface area contributed by atoms with E-state index in [1.54, 1.807) is 36.7 Å². The molecule has 148 valence electrons. The lowest BCUT2D eigenvalue weighted by atomic mass is 10.1. The molecule has 1 aliphatic rings. The minimum atomic E-state index is -0.334. The summed E-state index contributed by atoms with van der Waals surface area (Å²) in [6.07, 6.45) is 7.03. The summed E-state index contributed by atoms with van der Waals surface area (Å²) in [7, 11) is 0. The van der Waals surface area contributed by atoms with Gasteiger partial charge in [0, 0.05) is 47.4 Å². The van der Waals surface area contributed by atoms with Gasteiger partial charge in [-0.3, -0.25) is 4.98 Å². The van der Waals surface area contributed by atoms with Crippen molar-refractivity contribution in [3.63, 3.8) is 0 Å². The first kappa shape index (κ1) is 19.2. The van der Waals surface area contributed by atoms with Crippen molar-refractivity contribution >= 4 is 34.8 Å². The van der Waals surface area contributed by atoms with E-state index < -0.39 is 0 Å². The van der Waals surface area contributed by atoms with Crippen molar-refractivity contribution in [1.29, 1.82) is 0 Å². The third-order valence-corrected chi connectivity index (χ3v) is 5.05. The first-order valence-electron chi connectivity index (χ1n) is 9.69. The average molecular weight is 408 g/mol. The summed E-state index contributed by atoms with van der Waals surface area (Å²) in [4.78, 5) is 23.8. The molecule has 7 heteroatoms. The molecule has 1 aliphatic heterocycles. The number of nitrogens with zero attached hydrogens (tertiary/aromatic N) is 3. The number of urea groups is 1.